The average Bonchev–Trinajstić information content (AvgIpc) is 1.98. The maximum absolute atomic E-state index is 9.25. The number of methoxy groups -OCH3 is 2. The molecule has 0 aliphatic heterocycles. The van der Waals surface area contributed by atoms with Crippen molar-refractivity contribution in [1.82, 2.24) is 0 Å². The molecule has 0 aliphatic rings. The maximum Gasteiger partial charge on any atom is 0.111 e. The predicted octanol–water partition coefficient (Wildman–Crippen LogP) is -0.222. The topological polar surface area (TPSA) is 58.9 Å². The standard InChI is InChI=1S/C8H18O4/c1-5(9)7(11-3)8(12-4)6(2)10/h5-10H,1-4H3/t5-,6-,7-,8-/m1/s1. The van der Waals surface area contributed by atoms with Crippen LogP contribution >= 0.6 is 0 Å². The Bertz CT molecular complexity index is 99.6. The smallest absolute Gasteiger partial charge is 0.111 e. The van der Waals surface area contributed by atoms with E-state index in [1.54, 1.807) is 13.8 Å². The monoisotopic (exact) mass is 178 g/mol. The van der Waals surface area contributed by atoms with Crippen LogP contribution in [-0.2, 0) is 9.47 Å². The summed E-state index contributed by atoms with van der Waals surface area (Å²) < 4.78 is 9.98. The second kappa shape index (κ2) is 5.48. The van der Waals surface area contributed by atoms with Gasteiger partial charge in [0.25, 0.3) is 0 Å². The van der Waals surface area contributed by atoms with E-state index in [9.17, 15) is 10.2 Å². The Morgan fingerprint density at radius 2 is 1.08 bits per heavy atom. The molecule has 0 spiro atoms. The summed E-state index contributed by atoms with van der Waals surface area (Å²) in [4.78, 5) is 0. The fraction of sp³-hybridized carbons (Fsp3) is 1.00. The van der Waals surface area contributed by atoms with Gasteiger partial charge in [0.15, 0.2) is 0 Å². The largest absolute Gasteiger partial charge is 0.391 e. The van der Waals surface area contributed by atoms with E-state index in [1.165, 1.54) is 14.2 Å². The molecule has 0 bridgehead atoms. The minimum atomic E-state index is -0.658. The van der Waals surface area contributed by atoms with Gasteiger partial charge in [0.1, 0.15) is 12.2 Å². The molecule has 0 rings (SSSR count). The van der Waals surface area contributed by atoms with Crippen LogP contribution in [-0.4, -0.2) is 48.8 Å². The van der Waals surface area contributed by atoms with Crippen molar-refractivity contribution in [2.24, 2.45) is 0 Å². The van der Waals surface area contributed by atoms with E-state index in [0.717, 1.165) is 0 Å². The lowest BCUT2D eigenvalue weighted by molar-refractivity contribution is -0.126. The van der Waals surface area contributed by atoms with E-state index < -0.39 is 24.4 Å². The number of ether oxygens (including phenoxy) is 2. The minimum Gasteiger partial charge on any atom is -0.391 e. The lowest BCUT2D eigenvalue weighted by atomic mass is 10.0. The van der Waals surface area contributed by atoms with Gasteiger partial charge in [-0.25, -0.2) is 0 Å². The molecule has 0 aromatic heterocycles. The Kier molecular flexibility index (Phi) is 5.41. The van der Waals surface area contributed by atoms with E-state index in [4.69, 9.17) is 9.47 Å². The zero-order chi connectivity index (χ0) is 9.72. The van der Waals surface area contributed by atoms with Crippen molar-refractivity contribution in [2.45, 2.75) is 38.3 Å². The van der Waals surface area contributed by atoms with Crippen molar-refractivity contribution in [3.63, 3.8) is 0 Å². The van der Waals surface area contributed by atoms with Gasteiger partial charge in [0.2, 0.25) is 0 Å². The highest BCUT2D eigenvalue weighted by Gasteiger charge is 2.29. The molecular weight excluding hydrogens is 160 g/mol. The molecule has 4 nitrogen and oxygen atoms in total. The lowest BCUT2D eigenvalue weighted by Gasteiger charge is -2.28. The van der Waals surface area contributed by atoms with Crippen LogP contribution in [0.15, 0.2) is 0 Å². The van der Waals surface area contributed by atoms with Gasteiger partial charge in [-0.3, -0.25) is 0 Å². The normalized spacial score (nSPS) is 21.5. The van der Waals surface area contributed by atoms with Crippen molar-refractivity contribution in [2.75, 3.05) is 14.2 Å². The van der Waals surface area contributed by atoms with Gasteiger partial charge in [-0.2, -0.15) is 0 Å². The third-order valence-corrected chi connectivity index (χ3v) is 1.82. The molecule has 0 aliphatic carbocycles. The van der Waals surface area contributed by atoms with Crippen LogP contribution in [0.3, 0.4) is 0 Å². The van der Waals surface area contributed by atoms with Crippen molar-refractivity contribution in [3.8, 4) is 0 Å². The summed E-state index contributed by atoms with van der Waals surface area (Å²) in [7, 11) is 2.96. The molecule has 0 unspecified atom stereocenters. The third-order valence-electron chi connectivity index (χ3n) is 1.82. The Labute approximate surface area is 73.1 Å². The van der Waals surface area contributed by atoms with Crippen LogP contribution in [0.2, 0.25) is 0 Å². The molecule has 0 saturated carbocycles. The summed E-state index contributed by atoms with van der Waals surface area (Å²) in [5.41, 5.74) is 0. The molecule has 4 atom stereocenters. The van der Waals surface area contributed by atoms with Gasteiger partial charge in [-0.05, 0) is 13.8 Å². The van der Waals surface area contributed by atoms with Crippen LogP contribution in [0.25, 0.3) is 0 Å². The van der Waals surface area contributed by atoms with E-state index in [2.05, 4.69) is 0 Å². The Morgan fingerprint density at radius 3 is 1.17 bits per heavy atom. The van der Waals surface area contributed by atoms with Gasteiger partial charge in [-0.15, -0.1) is 0 Å². The third kappa shape index (κ3) is 3.06. The van der Waals surface area contributed by atoms with E-state index in [-0.39, 0.29) is 0 Å². The van der Waals surface area contributed by atoms with Crippen molar-refractivity contribution < 1.29 is 19.7 Å². The number of aliphatic hydroxyl groups is 2. The highest BCUT2D eigenvalue weighted by atomic mass is 16.5. The maximum atomic E-state index is 9.25. The quantitative estimate of drug-likeness (QED) is 0.611. The minimum absolute atomic E-state index is 0.491. The fourth-order valence-corrected chi connectivity index (χ4v) is 1.21. The van der Waals surface area contributed by atoms with Crippen molar-refractivity contribution in [1.29, 1.82) is 0 Å². The number of aliphatic hydroxyl groups excluding tert-OH is 2. The molecule has 0 heterocycles. The summed E-state index contributed by atoms with van der Waals surface area (Å²) in [6, 6.07) is 0. The van der Waals surface area contributed by atoms with E-state index in [0.29, 0.717) is 0 Å². The van der Waals surface area contributed by atoms with Gasteiger partial charge >= 0.3 is 0 Å². The van der Waals surface area contributed by atoms with Crippen molar-refractivity contribution in [3.05, 3.63) is 0 Å². The average molecular weight is 178 g/mol. The molecule has 4 heteroatoms. The van der Waals surface area contributed by atoms with Crippen LogP contribution in [0.4, 0.5) is 0 Å². The van der Waals surface area contributed by atoms with Gasteiger partial charge in [0.05, 0.1) is 12.2 Å². The molecule has 12 heavy (non-hydrogen) atoms. The number of rotatable bonds is 5. The van der Waals surface area contributed by atoms with Crippen LogP contribution < -0.4 is 0 Å². The second-order valence-corrected chi connectivity index (χ2v) is 2.88. The Balaban J connectivity index is 4.23. The molecule has 0 saturated heterocycles. The Hall–Kier alpha value is -0.160. The highest BCUT2D eigenvalue weighted by Crippen LogP contribution is 2.11. The molecule has 0 aromatic rings. The van der Waals surface area contributed by atoms with Gasteiger partial charge < -0.3 is 19.7 Å². The number of hydrogen-bond donors (Lipinski definition) is 2. The first-order valence-electron chi connectivity index (χ1n) is 3.96. The summed E-state index contributed by atoms with van der Waals surface area (Å²) in [5.74, 6) is 0. The van der Waals surface area contributed by atoms with E-state index >= 15 is 0 Å². The molecule has 0 fully saturated rings. The fourth-order valence-electron chi connectivity index (χ4n) is 1.21. The van der Waals surface area contributed by atoms with Crippen LogP contribution in [0, 0.1) is 0 Å². The Morgan fingerprint density at radius 1 is 0.833 bits per heavy atom. The summed E-state index contributed by atoms with van der Waals surface area (Å²) in [6.07, 6.45) is -2.30. The van der Waals surface area contributed by atoms with Gasteiger partial charge in [-0.1, -0.05) is 0 Å². The summed E-state index contributed by atoms with van der Waals surface area (Å²) in [6.45, 7) is 3.20. The SMILES string of the molecule is CO[C@@H]([C@H](OC)[C@@H](C)O)[C@@H](C)O. The first kappa shape index (κ1) is 11.8. The molecule has 2 N–H and O–H groups in total. The molecular formula is C8H18O4. The summed E-state index contributed by atoms with van der Waals surface area (Å²) in [5, 5.41) is 18.5. The van der Waals surface area contributed by atoms with E-state index in [1.807, 2.05) is 0 Å². The first-order chi connectivity index (χ1) is 5.54. The summed E-state index contributed by atoms with van der Waals surface area (Å²) >= 11 is 0. The van der Waals surface area contributed by atoms with Crippen LogP contribution in [0.1, 0.15) is 13.8 Å². The van der Waals surface area contributed by atoms with Crippen LogP contribution in [0.5, 0.6) is 0 Å². The highest BCUT2D eigenvalue weighted by molar-refractivity contribution is 4.79. The number of hydrogen-bond acceptors (Lipinski definition) is 4. The molecule has 0 aromatic carbocycles. The lowest BCUT2D eigenvalue weighted by Crippen LogP contribution is -2.44. The predicted molar refractivity (Wildman–Crippen MR) is 45.0 cm³/mol. The first-order valence-corrected chi connectivity index (χ1v) is 3.96. The molecule has 0 amide bonds. The van der Waals surface area contributed by atoms with Crippen molar-refractivity contribution >= 4 is 0 Å². The zero-order valence-corrected chi connectivity index (χ0v) is 8.02. The second-order valence-electron chi connectivity index (χ2n) is 2.88. The molecule has 74 valence electrons. The zero-order valence-electron chi connectivity index (χ0n) is 8.02. The van der Waals surface area contributed by atoms with Gasteiger partial charge in [0, 0.05) is 14.2 Å². The molecule has 0 radical (unpaired) electrons.